The minimum absolute atomic E-state index is 0.0978. The molecule has 2 aromatic carbocycles. The summed E-state index contributed by atoms with van der Waals surface area (Å²) >= 11 is 11.4. The van der Waals surface area contributed by atoms with Crippen LogP contribution < -0.4 is 0 Å². The topological polar surface area (TPSA) is 86.2 Å². The van der Waals surface area contributed by atoms with Crippen molar-refractivity contribution in [2.24, 2.45) is 0 Å². The first-order valence-electron chi connectivity index (χ1n) is 6.00. The Morgan fingerprint density at radius 3 is 2.68 bits per heavy atom. The third-order valence-electron chi connectivity index (χ3n) is 2.97. The molecule has 3 rings (SSSR count). The minimum atomic E-state index is -0.859. The molecule has 1 aromatic heterocycles. The highest BCUT2D eigenvalue weighted by Crippen LogP contribution is 2.31. The smallest absolute Gasteiger partial charge is 0.272 e. The number of nitro groups is 1. The first kappa shape index (κ1) is 14.5. The van der Waals surface area contributed by atoms with Crippen LogP contribution in [0.4, 0.5) is 5.69 Å². The van der Waals surface area contributed by atoms with Crippen molar-refractivity contribution >= 4 is 45.2 Å². The number of carbonyl (C=O) groups excluding carboxylic acids is 1. The molecule has 0 N–H and O–H groups in total. The second kappa shape index (κ2) is 5.40. The van der Waals surface area contributed by atoms with Crippen molar-refractivity contribution in [2.45, 2.75) is 0 Å². The van der Waals surface area contributed by atoms with Gasteiger partial charge in [0.2, 0.25) is 5.89 Å². The van der Waals surface area contributed by atoms with Crippen molar-refractivity contribution in [2.75, 3.05) is 0 Å². The Morgan fingerprint density at radius 1 is 1.27 bits per heavy atom. The second-order valence-corrected chi connectivity index (χ2v) is 5.18. The van der Waals surface area contributed by atoms with Crippen LogP contribution >= 0.6 is 23.2 Å². The van der Waals surface area contributed by atoms with Gasteiger partial charge in [-0.2, -0.15) is 0 Å². The normalized spacial score (nSPS) is 10.8. The first-order chi connectivity index (χ1) is 10.5. The number of halogens is 2. The van der Waals surface area contributed by atoms with E-state index in [-0.39, 0.29) is 28.2 Å². The SMILES string of the molecule is O=C(Cl)c1cc([N+](=O)[O-])cc2nc(-c3cccc(Cl)c3)oc12. The molecule has 22 heavy (non-hydrogen) atoms. The molecule has 6 nitrogen and oxygen atoms in total. The molecule has 0 radical (unpaired) electrons. The van der Waals surface area contributed by atoms with Gasteiger partial charge in [-0.25, -0.2) is 4.98 Å². The number of oxazole rings is 1. The molecule has 0 spiro atoms. The molecule has 0 amide bonds. The molecule has 0 atom stereocenters. The quantitative estimate of drug-likeness (QED) is 0.401. The van der Waals surface area contributed by atoms with E-state index in [2.05, 4.69) is 4.98 Å². The minimum Gasteiger partial charge on any atom is -0.435 e. The summed E-state index contributed by atoms with van der Waals surface area (Å²) in [7, 11) is 0. The van der Waals surface area contributed by atoms with Crippen molar-refractivity contribution in [3.8, 4) is 11.5 Å². The monoisotopic (exact) mass is 336 g/mol. The molecule has 0 saturated carbocycles. The predicted octanol–water partition coefficient (Wildman–Crippen LogP) is 4.44. The fourth-order valence-corrected chi connectivity index (χ4v) is 2.34. The number of hydrogen-bond donors (Lipinski definition) is 0. The molecular formula is C14H6Cl2N2O4. The molecule has 8 heteroatoms. The van der Waals surface area contributed by atoms with Gasteiger partial charge in [-0.05, 0) is 29.8 Å². The Hall–Kier alpha value is -2.44. The Balaban J connectivity index is 2.26. The molecule has 1 heterocycles. The first-order valence-corrected chi connectivity index (χ1v) is 6.76. The van der Waals surface area contributed by atoms with Crippen LogP contribution in [0.25, 0.3) is 22.6 Å². The van der Waals surface area contributed by atoms with Gasteiger partial charge in [0, 0.05) is 22.7 Å². The number of aromatic nitrogens is 1. The number of non-ortho nitro benzene ring substituents is 1. The van der Waals surface area contributed by atoms with Gasteiger partial charge in [0.15, 0.2) is 5.58 Å². The Morgan fingerprint density at radius 2 is 2.05 bits per heavy atom. The lowest BCUT2D eigenvalue weighted by atomic mass is 10.2. The van der Waals surface area contributed by atoms with E-state index in [1.165, 1.54) is 6.07 Å². The van der Waals surface area contributed by atoms with Crippen LogP contribution in [0.5, 0.6) is 0 Å². The molecular weight excluding hydrogens is 331 g/mol. The predicted molar refractivity (Wildman–Crippen MR) is 81.3 cm³/mol. The van der Waals surface area contributed by atoms with Crippen molar-refractivity contribution in [3.05, 3.63) is 57.1 Å². The maximum atomic E-state index is 11.5. The number of carbonyl (C=O) groups is 1. The summed E-state index contributed by atoms with van der Waals surface area (Å²) in [6.07, 6.45) is 0. The number of rotatable bonds is 3. The highest BCUT2D eigenvalue weighted by Gasteiger charge is 2.21. The molecule has 110 valence electrons. The third-order valence-corrected chi connectivity index (χ3v) is 3.41. The molecule has 0 aliphatic carbocycles. The zero-order chi connectivity index (χ0) is 15.9. The summed E-state index contributed by atoms with van der Waals surface area (Å²) in [5.74, 6) is 0.192. The lowest BCUT2D eigenvalue weighted by Gasteiger charge is -1.96. The molecule has 0 aliphatic heterocycles. The van der Waals surface area contributed by atoms with E-state index in [4.69, 9.17) is 27.6 Å². The van der Waals surface area contributed by atoms with Gasteiger partial charge in [-0.1, -0.05) is 17.7 Å². The standard InChI is InChI=1S/C14H6Cl2N2O4/c15-8-3-1-2-7(4-8)14-17-11-6-9(18(20)21)5-10(13(16)19)12(11)22-14/h1-6H. The maximum absolute atomic E-state index is 11.5. The molecule has 3 aromatic rings. The van der Waals surface area contributed by atoms with Crippen LogP contribution in [0.3, 0.4) is 0 Å². The highest BCUT2D eigenvalue weighted by molar-refractivity contribution is 6.68. The van der Waals surface area contributed by atoms with Gasteiger partial charge >= 0.3 is 0 Å². The van der Waals surface area contributed by atoms with E-state index in [1.807, 2.05) is 0 Å². The van der Waals surface area contributed by atoms with Crippen LogP contribution in [0.2, 0.25) is 5.02 Å². The average Bonchev–Trinajstić information content (AvgIpc) is 2.89. The summed E-state index contributed by atoms with van der Waals surface area (Å²) < 4.78 is 5.54. The van der Waals surface area contributed by atoms with Crippen LogP contribution in [0, 0.1) is 10.1 Å². The van der Waals surface area contributed by atoms with Crippen molar-refractivity contribution in [1.29, 1.82) is 0 Å². The van der Waals surface area contributed by atoms with Gasteiger partial charge in [-0.15, -0.1) is 0 Å². The number of nitrogens with zero attached hydrogens (tertiary/aromatic N) is 2. The summed E-state index contributed by atoms with van der Waals surface area (Å²) in [6, 6.07) is 9.02. The molecule has 0 aliphatic rings. The van der Waals surface area contributed by atoms with Crippen molar-refractivity contribution in [1.82, 2.24) is 4.98 Å². The van der Waals surface area contributed by atoms with Crippen molar-refractivity contribution in [3.63, 3.8) is 0 Å². The number of benzene rings is 2. The van der Waals surface area contributed by atoms with Crippen LogP contribution in [0.1, 0.15) is 10.4 Å². The van der Waals surface area contributed by atoms with Gasteiger partial charge in [0.25, 0.3) is 10.9 Å². The average molecular weight is 337 g/mol. The molecule has 0 saturated heterocycles. The number of nitro benzene ring substituents is 1. The third kappa shape index (κ3) is 2.54. The Bertz CT molecular complexity index is 920. The van der Waals surface area contributed by atoms with Crippen LogP contribution in [-0.4, -0.2) is 15.1 Å². The fourth-order valence-electron chi connectivity index (χ4n) is 2.01. The van der Waals surface area contributed by atoms with E-state index >= 15 is 0 Å². The van der Waals surface area contributed by atoms with Gasteiger partial charge in [-0.3, -0.25) is 14.9 Å². The number of hydrogen-bond acceptors (Lipinski definition) is 5. The van der Waals surface area contributed by atoms with E-state index in [0.717, 1.165) is 6.07 Å². The Kier molecular flexibility index (Phi) is 3.56. The van der Waals surface area contributed by atoms with Crippen LogP contribution in [-0.2, 0) is 0 Å². The zero-order valence-electron chi connectivity index (χ0n) is 10.7. The summed E-state index contributed by atoms with van der Waals surface area (Å²) in [6.45, 7) is 0. The van der Waals surface area contributed by atoms with Gasteiger partial charge in [0.1, 0.15) is 5.52 Å². The highest BCUT2D eigenvalue weighted by atomic mass is 35.5. The van der Waals surface area contributed by atoms with Crippen molar-refractivity contribution < 1.29 is 14.1 Å². The number of fused-ring (bicyclic) bond motifs is 1. The fraction of sp³-hybridized carbons (Fsp3) is 0. The van der Waals surface area contributed by atoms with Crippen LogP contribution in [0.15, 0.2) is 40.8 Å². The lowest BCUT2D eigenvalue weighted by Crippen LogP contribution is -1.94. The molecule has 0 unspecified atom stereocenters. The summed E-state index contributed by atoms with van der Waals surface area (Å²) in [5.41, 5.74) is 0.460. The molecule has 0 fully saturated rings. The molecule has 0 bridgehead atoms. The Labute approximate surface area is 133 Å². The van der Waals surface area contributed by atoms with E-state index < -0.39 is 10.2 Å². The zero-order valence-corrected chi connectivity index (χ0v) is 12.3. The maximum Gasteiger partial charge on any atom is 0.272 e. The van der Waals surface area contributed by atoms with E-state index in [1.54, 1.807) is 24.3 Å². The van der Waals surface area contributed by atoms with Gasteiger partial charge < -0.3 is 4.42 Å². The lowest BCUT2D eigenvalue weighted by molar-refractivity contribution is -0.384. The largest absolute Gasteiger partial charge is 0.435 e. The second-order valence-electron chi connectivity index (χ2n) is 4.40. The van der Waals surface area contributed by atoms with E-state index in [9.17, 15) is 14.9 Å². The summed E-state index contributed by atoms with van der Waals surface area (Å²) in [5, 5.41) is 10.5. The van der Waals surface area contributed by atoms with Gasteiger partial charge in [0.05, 0.1) is 10.5 Å². The van der Waals surface area contributed by atoms with E-state index in [0.29, 0.717) is 10.6 Å². The summed E-state index contributed by atoms with van der Waals surface area (Å²) in [4.78, 5) is 25.9.